The molecule has 0 unspecified atom stereocenters. The molecule has 3 heteroatoms. The predicted octanol–water partition coefficient (Wildman–Crippen LogP) is 1.05. The van der Waals surface area contributed by atoms with E-state index in [0.29, 0.717) is 0 Å². The summed E-state index contributed by atoms with van der Waals surface area (Å²) in [6, 6.07) is 1.81. The topological polar surface area (TPSA) is 46.2 Å². The SMILES string of the molecule is Cc1csc([C@@H](N)CO)c1. The predicted molar refractivity (Wildman–Crippen MR) is 43.1 cm³/mol. The summed E-state index contributed by atoms with van der Waals surface area (Å²) >= 11 is 1.60. The van der Waals surface area contributed by atoms with E-state index in [0.717, 1.165) is 4.88 Å². The normalized spacial score (nSPS) is 13.5. The van der Waals surface area contributed by atoms with Crippen molar-refractivity contribution in [2.75, 3.05) is 6.61 Å². The fourth-order valence-electron chi connectivity index (χ4n) is 0.738. The van der Waals surface area contributed by atoms with E-state index in [9.17, 15) is 0 Å². The first-order valence-electron chi connectivity index (χ1n) is 3.15. The van der Waals surface area contributed by atoms with E-state index in [1.54, 1.807) is 11.3 Å². The number of thiophene rings is 1. The number of aryl methyl sites for hydroxylation is 1. The van der Waals surface area contributed by atoms with Crippen molar-refractivity contribution in [3.8, 4) is 0 Å². The maximum atomic E-state index is 8.68. The number of nitrogens with two attached hydrogens (primary N) is 1. The van der Waals surface area contributed by atoms with Gasteiger partial charge in [-0.25, -0.2) is 0 Å². The van der Waals surface area contributed by atoms with E-state index < -0.39 is 0 Å². The lowest BCUT2D eigenvalue weighted by atomic mass is 10.2. The molecular formula is C7H11NOS. The van der Waals surface area contributed by atoms with Crippen LogP contribution in [0.5, 0.6) is 0 Å². The third-order valence-electron chi connectivity index (χ3n) is 1.31. The zero-order chi connectivity index (χ0) is 7.56. The molecule has 0 aliphatic rings. The molecule has 0 aromatic carbocycles. The second kappa shape index (κ2) is 3.14. The zero-order valence-electron chi connectivity index (χ0n) is 5.87. The molecule has 0 bridgehead atoms. The van der Waals surface area contributed by atoms with Gasteiger partial charge < -0.3 is 10.8 Å². The molecule has 2 nitrogen and oxygen atoms in total. The summed E-state index contributed by atoms with van der Waals surface area (Å²) < 4.78 is 0. The third kappa shape index (κ3) is 1.56. The maximum Gasteiger partial charge on any atom is 0.0632 e. The lowest BCUT2D eigenvalue weighted by molar-refractivity contribution is 0.269. The summed E-state index contributed by atoms with van der Waals surface area (Å²) in [4.78, 5) is 1.06. The highest BCUT2D eigenvalue weighted by molar-refractivity contribution is 7.10. The molecule has 0 fully saturated rings. The highest BCUT2D eigenvalue weighted by Gasteiger charge is 2.04. The monoisotopic (exact) mass is 157 g/mol. The summed E-state index contributed by atoms with van der Waals surface area (Å²) in [5.41, 5.74) is 6.78. The molecule has 0 radical (unpaired) electrons. The molecule has 1 heterocycles. The molecule has 1 aromatic heterocycles. The highest BCUT2D eigenvalue weighted by atomic mass is 32.1. The minimum absolute atomic E-state index is 0.0277. The lowest BCUT2D eigenvalue weighted by Gasteiger charge is -2.02. The van der Waals surface area contributed by atoms with E-state index in [1.807, 2.05) is 18.4 Å². The molecule has 0 saturated heterocycles. The van der Waals surface area contributed by atoms with Crippen LogP contribution in [0.25, 0.3) is 0 Å². The molecule has 0 aliphatic heterocycles. The van der Waals surface area contributed by atoms with Gasteiger partial charge in [0.1, 0.15) is 0 Å². The fraction of sp³-hybridized carbons (Fsp3) is 0.429. The second-order valence-corrected chi connectivity index (χ2v) is 3.26. The van der Waals surface area contributed by atoms with Crippen molar-refractivity contribution < 1.29 is 5.11 Å². The molecule has 3 N–H and O–H groups in total. The van der Waals surface area contributed by atoms with Crippen LogP contribution >= 0.6 is 11.3 Å². The zero-order valence-corrected chi connectivity index (χ0v) is 6.69. The Morgan fingerprint density at radius 1 is 1.80 bits per heavy atom. The summed E-state index contributed by atoms with van der Waals surface area (Å²) in [6.07, 6.45) is 0. The Balaban J connectivity index is 2.74. The number of hydrogen-bond acceptors (Lipinski definition) is 3. The highest BCUT2D eigenvalue weighted by Crippen LogP contribution is 2.19. The molecular weight excluding hydrogens is 146 g/mol. The van der Waals surface area contributed by atoms with Gasteiger partial charge in [-0.05, 0) is 23.9 Å². The minimum atomic E-state index is -0.196. The molecule has 1 aromatic rings. The molecule has 10 heavy (non-hydrogen) atoms. The molecule has 0 aliphatic carbocycles. The van der Waals surface area contributed by atoms with Crippen LogP contribution in [0.15, 0.2) is 11.4 Å². The first kappa shape index (κ1) is 7.72. The van der Waals surface area contributed by atoms with Crippen LogP contribution in [-0.4, -0.2) is 11.7 Å². The Labute approximate surface area is 64.3 Å². The van der Waals surface area contributed by atoms with Crippen LogP contribution < -0.4 is 5.73 Å². The van der Waals surface area contributed by atoms with Crippen LogP contribution in [0.4, 0.5) is 0 Å². The van der Waals surface area contributed by atoms with Crippen molar-refractivity contribution in [1.82, 2.24) is 0 Å². The fourth-order valence-corrected chi connectivity index (χ4v) is 1.63. The van der Waals surface area contributed by atoms with E-state index in [2.05, 4.69) is 0 Å². The van der Waals surface area contributed by atoms with Crippen molar-refractivity contribution in [3.05, 3.63) is 21.9 Å². The van der Waals surface area contributed by atoms with Crippen molar-refractivity contribution in [2.24, 2.45) is 5.73 Å². The largest absolute Gasteiger partial charge is 0.394 e. The Hall–Kier alpha value is -0.380. The maximum absolute atomic E-state index is 8.68. The lowest BCUT2D eigenvalue weighted by Crippen LogP contribution is -2.12. The molecule has 56 valence electrons. The minimum Gasteiger partial charge on any atom is -0.394 e. The van der Waals surface area contributed by atoms with Crippen LogP contribution in [-0.2, 0) is 0 Å². The van der Waals surface area contributed by atoms with E-state index in [1.165, 1.54) is 5.56 Å². The van der Waals surface area contributed by atoms with E-state index >= 15 is 0 Å². The third-order valence-corrected chi connectivity index (χ3v) is 2.50. The summed E-state index contributed by atoms with van der Waals surface area (Å²) in [6.45, 7) is 2.05. The molecule has 1 atom stereocenters. The Morgan fingerprint density at radius 2 is 2.50 bits per heavy atom. The number of rotatable bonds is 2. The van der Waals surface area contributed by atoms with Crippen molar-refractivity contribution in [2.45, 2.75) is 13.0 Å². The molecule has 1 rings (SSSR count). The van der Waals surface area contributed by atoms with Crippen LogP contribution in [0.2, 0.25) is 0 Å². The molecule has 0 spiro atoms. The van der Waals surface area contributed by atoms with Gasteiger partial charge in [-0.1, -0.05) is 0 Å². The number of aliphatic hydroxyl groups excluding tert-OH is 1. The smallest absolute Gasteiger partial charge is 0.0632 e. The standard InChI is InChI=1S/C7H11NOS/c1-5-2-7(10-4-5)6(8)3-9/h2,4,6,9H,3,8H2,1H3/t6-/m0/s1. The van der Waals surface area contributed by atoms with Gasteiger partial charge in [0, 0.05) is 4.88 Å². The van der Waals surface area contributed by atoms with Gasteiger partial charge in [-0.2, -0.15) is 0 Å². The van der Waals surface area contributed by atoms with Gasteiger partial charge in [0.2, 0.25) is 0 Å². The van der Waals surface area contributed by atoms with Gasteiger partial charge in [-0.15, -0.1) is 11.3 Å². The summed E-state index contributed by atoms with van der Waals surface area (Å²) in [5.74, 6) is 0. The average Bonchev–Trinajstić information content (AvgIpc) is 2.34. The Bertz CT molecular complexity index is 209. The first-order valence-corrected chi connectivity index (χ1v) is 4.03. The van der Waals surface area contributed by atoms with Gasteiger partial charge in [0.05, 0.1) is 12.6 Å². The molecule has 0 amide bonds. The second-order valence-electron chi connectivity index (χ2n) is 2.32. The van der Waals surface area contributed by atoms with Crippen LogP contribution in [0, 0.1) is 6.92 Å². The molecule has 0 saturated carbocycles. The number of aliphatic hydroxyl groups is 1. The van der Waals surface area contributed by atoms with Gasteiger partial charge in [-0.3, -0.25) is 0 Å². The first-order chi connectivity index (χ1) is 4.74. The van der Waals surface area contributed by atoms with Gasteiger partial charge in [0.15, 0.2) is 0 Å². The van der Waals surface area contributed by atoms with Crippen LogP contribution in [0.1, 0.15) is 16.5 Å². The Morgan fingerprint density at radius 3 is 2.90 bits per heavy atom. The average molecular weight is 157 g/mol. The van der Waals surface area contributed by atoms with Crippen molar-refractivity contribution >= 4 is 11.3 Å². The van der Waals surface area contributed by atoms with E-state index in [4.69, 9.17) is 10.8 Å². The summed E-state index contributed by atoms with van der Waals surface area (Å²) in [5, 5.41) is 10.7. The van der Waals surface area contributed by atoms with Gasteiger partial charge in [0.25, 0.3) is 0 Å². The summed E-state index contributed by atoms with van der Waals surface area (Å²) in [7, 11) is 0. The quantitative estimate of drug-likeness (QED) is 0.674. The van der Waals surface area contributed by atoms with Gasteiger partial charge >= 0.3 is 0 Å². The Kier molecular flexibility index (Phi) is 2.43. The number of hydrogen-bond donors (Lipinski definition) is 2. The van der Waals surface area contributed by atoms with Crippen LogP contribution in [0.3, 0.4) is 0 Å². The van der Waals surface area contributed by atoms with Crippen molar-refractivity contribution in [3.63, 3.8) is 0 Å². The van der Waals surface area contributed by atoms with Crippen molar-refractivity contribution in [1.29, 1.82) is 0 Å². The van der Waals surface area contributed by atoms with E-state index in [-0.39, 0.29) is 12.6 Å².